The van der Waals surface area contributed by atoms with Gasteiger partial charge in [0.25, 0.3) is 5.91 Å². The summed E-state index contributed by atoms with van der Waals surface area (Å²) in [6.45, 7) is 6.89. The van der Waals surface area contributed by atoms with E-state index in [1.807, 2.05) is 25.1 Å². The van der Waals surface area contributed by atoms with E-state index in [4.69, 9.17) is 0 Å². The van der Waals surface area contributed by atoms with Gasteiger partial charge in [0, 0.05) is 24.3 Å². The number of carbonyl (C=O) groups is 1. The van der Waals surface area contributed by atoms with Gasteiger partial charge in [-0.1, -0.05) is 56.0 Å². The minimum Gasteiger partial charge on any atom is -0.348 e. The van der Waals surface area contributed by atoms with E-state index in [0.717, 1.165) is 18.5 Å². The van der Waals surface area contributed by atoms with Crippen LogP contribution in [-0.4, -0.2) is 28.0 Å². The molecule has 1 heterocycles. The zero-order chi connectivity index (χ0) is 19.9. The van der Waals surface area contributed by atoms with Gasteiger partial charge in [-0.25, -0.2) is 9.97 Å². The quantitative estimate of drug-likeness (QED) is 0.741. The Labute approximate surface area is 168 Å². The monoisotopic (exact) mass is 380 g/mol. The van der Waals surface area contributed by atoms with Crippen molar-refractivity contribution in [1.29, 1.82) is 0 Å². The number of aryl methyl sites for hydroxylation is 1. The molecule has 1 aromatic heterocycles. The number of carbonyl (C=O) groups excluding carboxylic acids is 1. The molecule has 0 saturated heterocycles. The highest BCUT2D eigenvalue weighted by atomic mass is 16.1. The standard InChI is InChI=1S/C23H32N4O/c1-17(2)27(16-19-11-7-6-8-12-19)23-24-18(3)15-21(26-23)22(28)25-20-13-9-4-5-10-14-20/h6-8,11-12,15,17,20H,4-5,9-10,13-14,16H2,1-3H3,(H,25,28). The first-order valence-electron chi connectivity index (χ1n) is 10.5. The maximum Gasteiger partial charge on any atom is 0.270 e. The lowest BCUT2D eigenvalue weighted by Gasteiger charge is -2.27. The zero-order valence-electron chi connectivity index (χ0n) is 17.3. The van der Waals surface area contributed by atoms with Crippen molar-refractivity contribution in [3.63, 3.8) is 0 Å². The SMILES string of the molecule is Cc1cc(C(=O)NC2CCCCCC2)nc(N(Cc2ccccc2)C(C)C)n1. The predicted octanol–water partition coefficient (Wildman–Crippen LogP) is 4.65. The van der Waals surface area contributed by atoms with Gasteiger partial charge < -0.3 is 10.2 Å². The Bertz CT molecular complexity index is 767. The number of nitrogens with one attached hydrogen (secondary N) is 1. The van der Waals surface area contributed by atoms with Gasteiger partial charge in [0.15, 0.2) is 0 Å². The number of hydrogen-bond donors (Lipinski definition) is 1. The van der Waals surface area contributed by atoms with E-state index < -0.39 is 0 Å². The Morgan fingerprint density at radius 1 is 1.11 bits per heavy atom. The highest BCUT2D eigenvalue weighted by molar-refractivity contribution is 5.92. The zero-order valence-corrected chi connectivity index (χ0v) is 17.3. The molecule has 0 spiro atoms. The van der Waals surface area contributed by atoms with E-state index in [9.17, 15) is 4.79 Å². The summed E-state index contributed by atoms with van der Waals surface area (Å²) >= 11 is 0. The van der Waals surface area contributed by atoms with Gasteiger partial charge in [-0.15, -0.1) is 0 Å². The molecule has 5 nitrogen and oxygen atoms in total. The van der Waals surface area contributed by atoms with Crippen molar-refractivity contribution in [2.75, 3.05) is 4.90 Å². The Hall–Kier alpha value is -2.43. The Balaban J connectivity index is 1.79. The van der Waals surface area contributed by atoms with Crippen molar-refractivity contribution in [2.45, 2.75) is 77.9 Å². The number of amides is 1. The first-order valence-corrected chi connectivity index (χ1v) is 10.5. The number of nitrogens with zero attached hydrogens (tertiary/aromatic N) is 3. The number of anilines is 1. The van der Waals surface area contributed by atoms with E-state index in [2.05, 4.69) is 46.2 Å². The number of aromatic nitrogens is 2. The van der Waals surface area contributed by atoms with E-state index in [0.29, 0.717) is 18.2 Å². The fourth-order valence-electron chi connectivity index (χ4n) is 3.75. The molecular formula is C23H32N4O. The van der Waals surface area contributed by atoms with Gasteiger partial charge in [-0.2, -0.15) is 0 Å². The van der Waals surface area contributed by atoms with Crippen molar-refractivity contribution < 1.29 is 4.79 Å². The minimum absolute atomic E-state index is 0.0814. The Morgan fingerprint density at radius 3 is 2.43 bits per heavy atom. The first kappa shape index (κ1) is 20.3. The average molecular weight is 381 g/mol. The van der Waals surface area contributed by atoms with Gasteiger partial charge in [-0.3, -0.25) is 4.79 Å². The normalized spacial score (nSPS) is 15.3. The fourth-order valence-corrected chi connectivity index (χ4v) is 3.75. The van der Waals surface area contributed by atoms with Crippen LogP contribution in [-0.2, 0) is 6.54 Å². The molecule has 2 aromatic rings. The number of rotatable bonds is 6. The molecule has 1 N–H and O–H groups in total. The summed E-state index contributed by atoms with van der Waals surface area (Å²) in [5.41, 5.74) is 2.48. The molecule has 0 atom stereocenters. The van der Waals surface area contributed by atoms with Crippen LogP contribution < -0.4 is 10.2 Å². The summed E-state index contributed by atoms with van der Waals surface area (Å²) in [4.78, 5) is 24.3. The van der Waals surface area contributed by atoms with Crippen LogP contribution in [0.2, 0.25) is 0 Å². The highest BCUT2D eigenvalue weighted by Gasteiger charge is 2.20. The predicted molar refractivity (Wildman–Crippen MR) is 113 cm³/mol. The largest absolute Gasteiger partial charge is 0.348 e. The van der Waals surface area contributed by atoms with E-state index in [1.165, 1.54) is 31.2 Å². The second-order valence-corrected chi connectivity index (χ2v) is 8.06. The van der Waals surface area contributed by atoms with Crippen LogP contribution in [0.3, 0.4) is 0 Å². The molecule has 1 saturated carbocycles. The molecule has 1 aliphatic rings. The molecule has 3 rings (SSSR count). The smallest absolute Gasteiger partial charge is 0.270 e. The maximum absolute atomic E-state index is 12.9. The van der Waals surface area contributed by atoms with Crippen LogP contribution in [0.15, 0.2) is 36.4 Å². The molecular weight excluding hydrogens is 348 g/mol. The molecule has 0 unspecified atom stereocenters. The van der Waals surface area contributed by atoms with Gasteiger partial charge in [0.1, 0.15) is 5.69 Å². The van der Waals surface area contributed by atoms with Crippen LogP contribution in [0.1, 0.15) is 74.1 Å². The molecule has 28 heavy (non-hydrogen) atoms. The molecule has 1 aromatic carbocycles. The molecule has 150 valence electrons. The lowest BCUT2D eigenvalue weighted by molar-refractivity contribution is 0.0928. The summed E-state index contributed by atoms with van der Waals surface area (Å²) in [6.07, 6.45) is 7.05. The van der Waals surface area contributed by atoms with Gasteiger partial charge in [0.2, 0.25) is 5.95 Å². The van der Waals surface area contributed by atoms with Crippen molar-refractivity contribution in [3.05, 3.63) is 53.3 Å². The molecule has 1 aliphatic carbocycles. The number of hydrogen-bond acceptors (Lipinski definition) is 4. The first-order chi connectivity index (χ1) is 13.5. The lowest BCUT2D eigenvalue weighted by Crippen LogP contribution is -2.36. The summed E-state index contributed by atoms with van der Waals surface area (Å²) in [5.74, 6) is 0.534. The second kappa shape index (κ2) is 9.67. The highest BCUT2D eigenvalue weighted by Crippen LogP contribution is 2.19. The number of benzene rings is 1. The van der Waals surface area contributed by atoms with Crippen molar-refractivity contribution in [1.82, 2.24) is 15.3 Å². The maximum atomic E-state index is 12.9. The lowest BCUT2D eigenvalue weighted by atomic mass is 10.1. The second-order valence-electron chi connectivity index (χ2n) is 8.06. The molecule has 0 radical (unpaired) electrons. The van der Waals surface area contributed by atoms with Gasteiger partial charge >= 0.3 is 0 Å². The minimum atomic E-state index is -0.0814. The van der Waals surface area contributed by atoms with Crippen LogP contribution >= 0.6 is 0 Å². The Morgan fingerprint density at radius 2 is 1.79 bits per heavy atom. The van der Waals surface area contributed by atoms with E-state index in [-0.39, 0.29) is 18.0 Å². The molecule has 5 heteroatoms. The van der Waals surface area contributed by atoms with Crippen molar-refractivity contribution in [2.24, 2.45) is 0 Å². The summed E-state index contributed by atoms with van der Waals surface area (Å²) < 4.78 is 0. The molecule has 0 bridgehead atoms. The van der Waals surface area contributed by atoms with Crippen LogP contribution in [0, 0.1) is 6.92 Å². The van der Waals surface area contributed by atoms with Crippen molar-refractivity contribution in [3.8, 4) is 0 Å². The summed E-state index contributed by atoms with van der Waals surface area (Å²) in [5, 5.41) is 3.20. The summed E-state index contributed by atoms with van der Waals surface area (Å²) in [6, 6.07) is 12.6. The van der Waals surface area contributed by atoms with Gasteiger partial charge in [-0.05, 0) is 45.2 Å². The third kappa shape index (κ3) is 5.54. The van der Waals surface area contributed by atoms with Gasteiger partial charge in [0.05, 0.1) is 0 Å². The van der Waals surface area contributed by atoms with Crippen LogP contribution in [0.5, 0.6) is 0 Å². The van der Waals surface area contributed by atoms with Crippen molar-refractivity contribution >= 4 is 11.9 Å². The van der Waals surface area contributed by atoms with Crippen LogP contribution in [0.4, 0.5) is 5.95 Å². The average Bonchev–Trinajstić information content (AvgIpc) is 2.95. The molecule has 0 aliphatic heterocycles. The molecule has 1 fully saturated rings. The molecule has 1 amide bonds. The summed E-state index contributed by atoms with van der Waals surface area (Å²) in [7, 11) is 0. The van der Waals surface area contributed by atoms with E-state index >= 15 is 0 Å². The van der Waals surface area contributed by atoms with Crippen LogP contribution in [0.25, 0.3) is 0 Å². The topological polar surface area (TPSA) is 58.1 Å². The fraction of sp³-hybridized carbons (Fsp3) is 0.522. The van der Waals surface area contributed by atoms with E-state index in [1.54, 1.807) is 6.07 Å². The third-order valence-electron chi connectivity index (χ3n) is 5.34. The third-order valence-corrected chi connectivity index (χ3v) is 5.34. The Kier molecular flexibility index (Phi) is 7.01.